The zero-order valence-corrected chi connectivity index (χ0v) is 11.1. The first kappa shape index (κ1) is 15.7. The molecule has 0 radical (unpaired) electrons. The Morgan fingerprint density at radius 2 is 2.00 bits per heavy atom. The van der Waals surface area contributed by atoms with Gasteiger partial charge in [0.05, 0.1) is 32.4 Å². The first-order chi connectivity index (χ1) is 9.38. The highest BCUT2D eigenvalue weighted by Crippen LogP contribution is 2.04. The third-order valence-electron chi connectivity index (χ3n) is 2.50. The number of nitrogens with zero attached hydrogens (tertiary/aromatic N) is 2. The normalized spacial score (nSPS) is 10.5. The number of nitrogens with two attached hydrogens (primary N) is 1. The van der Waals surface area contributed by atoms with Gasteiger partial charge >= 0.3 is 5.97 Å². The maximum Gasteiger partial charge on any atom is 0.317 e. The Morgan fingerprint density at radius 3 is 2.50 bits per heavy atom. The Kier molecular flexibility index (Phi) is 5.73. The SMILES string of the molecule is CN(Cc1ccco1)C(=O)CN(CC(N)=O)CC(=O)O. The van der Waals surface area contributed by atoms with Crippen molar-refractivity contribution in [2.45, 2.75) is 6.54 Å². The number of furan rings is 1. The monoisotopic (exact) mass is 283 g/mol. The van der Waals surface area contributed by atoms with Crippen LogP contribution in [0.1, 0.15) is 5.76 Å². The second-order valence-electron chi connectivity index (χ2n) is 4.33. The lowest BCUT2D eigenvalue weighted by molar-refractivity contribution is -0.140. The van der Waals surface area contributed by atoms with Crippen LogP contribution in [0.15, 0.2) is 22.8 Å². The minimum absolute atomic E-state index is 0.202. The van der Waals surface area contributed by atoms with E-state index in [1.165, 1.54) is 16.1 Å². The van der Waals surface area contributed by atoms with Crippen LogP contribution in [-0.4, -0.2) is 59.4 Å². The van der Waals surface area contributed by atoms with Crippen molar-refractivity contribution in [3.63, 3.8) is 0 Å². The first-order valence-corrected chi connectivity index (χ1v) is 5.87. The fraction of sp³-hybridized carbons (Fsp3) is 0.417. The van der Waals surface area contributed by atoms with Gasteiger partial charge in [-0.15, -0.1) is 0 Å². The zero-order valence-electron chi connectivity index (χ0n) is 11.1. The molecule has 3 N–H and O–H groups in total. The molecule has 0 spiro atoms. The lowest BCUT2D eigenvalue weighted by atomic mass is 10.3. The molecular weight excluding hydrogens is 266 g/mol. The van der Waals surface area contributed by atoms with Crippen molar-refractivity contribution in [3.05, 3.63) is 24.2 Å². The maximum absolute atomic E-state index is 11.9. The van der Waals surface area contributed by atoms with Crippen molar-refractivity contribution in [2.75, 3.05) is 26.7 Å². The molecule has 8 heteroatoms. The van der Waals surface area contributed by atoms with Gasteiger partial charge in [-0.05, 0) is 12.1 Å². The number of rotatable bonds is 8. The molecule has 0 aliphatic heterocycles. The molecule has 0 fully saturated rings. The molecule has 0 saturated heterocycles. The molecule has 0 aliphatic carbocycles. The molecule has 0 saturated carbocycles. The van der Waals surface area contributed by atoms with Crippen LogP contribution in [0.4, 0.5) is 0 Å². The predicted molar refractivity (Wildman–Crippen MR) is 68.5 cm³/mol. The van der Waals surface area contributed by atoms with Crippen LogP contribution in [0, 0.1) is 0 Å². The molecule has 110 valence electrons. The topological polar surface area (TPSA) is 117 Å². The van der Waals surface area contributed by atoms with E-state index in [1.54, 1.807) is 19.2 Å². The van der Waals surface area contributed by atoms with E-state index in [0.29, 0.717) is 5.76 Å². The Hall–Kier alpha value is -2.35. The summed E-state index contributed by atoms with van der Waals surface area (Å²) in [5, 5.41) is 8.72. The molecule has 0 aromatic carbocycles. The number of primary amides is 1. The number of hydrogen-bond acceptors (Lipinski definition) is 5. The summed E-state index contributed by atoms with van der Waals surface area (Å²) in [6, 6.07) is 3.43. The van der Waals surface area contributed by atoms with E-state index in [-0.39, 0.29) is 25.5 Å². The van der Waals surface area contributed by atoms with Crippen LogP contribution in [0.2, 0.25) is 0 Å². The van der Waals surface area contributed by atoms with Gasteiger partial charge in [0.1, 0.15) is 5.76 Å². The van der Waals surface area contributed by atoms with Gasteiger partial charge in [-0.1, -0.05) is 0 Å². The highest BCUT2D eigenvalue weighted by molar-refractivity contribution is 5.81. The molecule has 0 unspecified atom stereocenters. The summed E-state index contributed by atoms with van der Waals surface area (Å²) in [5.41, 5.74) is 5.02. The van der Waals surface area contributed by atoms with Crippen molar-refractivity contribution < 1.29 is 23.9 Å². The van der Waals surface area contributed by atoms with Gasteiger partial charge in [0, 0.05) is 7.05 Å². The van der Waals surface area contributed by atoms with E-state index in [0.717, 1.165) is 0 Å². The van der Waals surface area contributed by atoms with Crippen LogP contribution in [0.3, 0.4) is 0 Å². The minimum atomic E-state index is -1.13. The number of amides is 2. The number of carbonyl (C=O) groups is 3. The summed E-state index contributed by atoms with van der Waals surface area (Å²) in [6.45, 7) is -0.647. The Bertz CT molecular complexity index is 455. The highest BCUT2D eigenvalue weighted by Gasteiger charge is 2.19. The molecule has 1 aromatic rings. The Balaban J connectivity index is 2.55. The highest BCUT2D eigenvalue weighted by atomic mass is 16.4. The average Bonchev–Trinajstić information content (AvgIpc) is 2.79. The summed E-state index contributed by atoms with van der Waals surface area (Å²) >= 11 is 0. The number of carbonyl (C=O) groups excluding carboxylic acids is 2. The largest absolute Gasteiger partial charge is 0.480 e. The molecule has 8 nitrogen and oxygen atoms in total. The summed E-state index contributed by atoms with van der Waals surface area (Å²) in [6.07, 6.45) is 1.50. The van der Waals surface area contributed by atoms with Gasteiger partial charge < -0.3 is 20.2 Å². The number of hydrogen-bond donors (Lipinski definition) is 2. The van der Waals surface area contributed by atoms with Gasteiger partial charge in [-0.2, -0.15) is 0 Å². The number of likely N-dealkylation sites (N-methyl/N-ethyl adjacent to an activating group) is 1. The van der Waals surface area contributed by atoms with E-state index in [9.17, 15) is 14.4 Å². The number of carboxylic acid groups (broad SMARTS) is 1. The maximum atomic E-state index is 11.9. The van der Waals surface area contributed by atoms with Crippen LogP contribution in [0.25, 0.3) is 0 Å². The number of carboxylic acids is 1. The lowest BCUT2D eigenvalue weighted by Crippen LogP contribution is -2.44. The molecular formula is C12H17N3O5. The lowest BCUT2D eigenvalue weighted by Gasteiger charge is -2.22. The second-order valence-corrected chi connectivity index (χ2v) is 4.33. The first-order valence-electron chi connectivity index (χ1n) is 5.87. The third-order valence-corrected chi connectivity index (χ3v) is 2.50. The fourth-order valence-corrected chi connectivity index (χ4v) is 1.62. The predicted octanol–water partition coefficient (Wildman–Crippen LogP) is -0.890. The second kappa shape index (κ2) is 7.29. The summed E-state index contributed by atoms with van der Waals surface area (Å²) in [4.78, 5) is 36.0. The smallest absolute Gasteiger partial charge is 0.317 e. The van der Waals surface area contributed by atoms with Crippen LogP contribution in [0.5, 0.6) is 0 Å². The van der Waals surface area contributed by atoms with Crippen molar-refractivity contribution in [1.29, 1.82) is 0 Å². The van der Waals surface area contributed by atoms with E-state index in [4.69, 9.17) is 15.3 Å². The summed E-state index contributed by atoms with van der Waals surface area (Å²) in [7, 11) is 1.56. The van der Waals surface area contributed by atoms with Gasteiger partial charge in [0.2, 0.25) is 11.8 Å². The van der Waals surface area contributed by atoms with Crippen LogP contribution >= 0.6 is 0 Å². The summed E-state index contributed by atoms with van der Waals surface area (Å²) < 4.78 is 5.11. The minimum Gasteiger partial charge on any atom is -0.480 e. The molecule has 1 heterocycles. The van der Waals surface area contributed by atoms with Crippen molar-refractivity contribution in [1.82, 2.24) is 9.80 Å². The standard InChI is InChI=1S/C12H17N3O5/c1-14(5-9-3-2-4-20-9)11(17)7-15(6-10(13)16)8-12(18)19/h2-4H,5-8H2,1H3,(H2,13,16)(H,18,19). The molecule has 1 rings (SSSR count). The van der Waals surface area contributed by atoms with E-state index in [1.807, 2.05) is 0 Å². The fourth-order valence-electron chi connectivity index (χ4n) is 1.62. The van der Waals surface area contributed by atoms with Gasteiger partial charge in [-0.25, -0.2) is 0 Å². The van der Waals surface area contributed by atoms with Crippen LogP contribution < -0.4 is 5.73 Å². The van der Waals surface area contributed by atoms with Gasteiger partial charge in [0.25, 0.3) is 0 Å². The van der Waals surface area contributed by atoms with E-state index >= 15 is 0 Å². The van der Waals surface area contributed by atoms with Crippen LogP contribution in [-0.2, 0) is 20.9 Å². The quantitative estimate of drug-likeness (QED) is 0.639. The van der Waals surface area contributed by atoms with Gasteiger partial charge in [0.15, 0.2) is 0 Å². The van der Waals surface area contributed by atoms with Crippen molar-refractivity contribution in [3.8, 4) is 0 Å². The molecule has 20 heavy (non-hydrogen) atoms. The zero-order chi connectivity index (χ0) is 15.1. The Morgan fingerprint density at radius 1 is 1.30 bits per heavy atom. The molecule has 2 amide bonds. The molecule has 0 atom stereocenters. The molecule has 0 bridgehead atoms. The van der Waals surface area contributed by atoms with E-state index < -0.39 is 18.4 Å². The molecule has 1 aromatic heterocycles. The van der Waals surface area contributed by atoms with E-state index in [2.05, 4.69) is 0 Å². The molecule has 0 aliphatic rings. The number of aliphatic carboxylic acids is 1. The van der Waals surface area contributed by atoms with Crippen molar-refractivity contribution in [2.24, 2.45) is 5.73 Å². The van der Waals surface area contributed by atoms with Gasteiger partial charge in [-0.3, -0.25) is 19.3 Å². The Labute approximate surface area is 115 Å². The van der Waals surface area contributed by atoms with Crippen molar-refractivity contribution >= 4 is 17.8 Å². The average molecular weight is 283 g/mol. The third kappa shape index (κ3) is 5.53. The summed E-state index contributed by atoms with van der Waals surface area (Å²) in [5.74, 6) is -1.54.